The van der Waals surface area contributed by atoms with Gasteiger partial charge in [0.25, 0.3) is 0 Å². The summed E-state index contributed by atoms with van der Waals surface area (Å²) in [6.07, 6.45) is 2.05. The first-order valence-corrected chi connectivity index (χ1v) is 8.96. The Balaban J connectivity index is 1.72. The topological polar surface area (TPSA) is 71.2 Å². The van der Waals surface area contributed by atoms with E-state index in [1.165, 1.54) is 11.3 Å². The zero-order chi connectivity index (χ0) is 16.5. The number of aliphatic hydroxyl groups excluding tert-OH is 1. The summed E-state index contributed by atoms with van der Waals surface area (Å²) in [6, 6.07) is 8.08. The van der Waals surface area contributed by atoms with Crippen molar-refractivity contribution in [1.82, 2.24) is 19.4 Å². The highest BCUT2D eigenvalue weighted by atomic mass is 32.1. The van der Waals surface area contributed by atoms with Crippen molar-refractivity contribution in [3.8, 4) is 11.5 Å². The van der Waals surface area contributed by atoms with Gasteiger partial charge in [-0.25, -0.2) is 9.97 Å². The number of fused-ring (bicyclic) bond motifs is 1. The zero-order valence-electron chi connectivity index (χ0n) is 13.1. The van der Waals surface area contributed by atoms with Gasteiger partial charge in [-0.3, -0.25) is 4.79 Å². The third-order valence-corrected chi connectivity index (χ3v) is 4.84. The molecule has 0 unspecified atom stereocenters. The van der Waals surface area contributed by atoms with Crippen molar-refractivity contribution in [2.24, 2.45) is 0 Å². The Bertz CT molecular complexity index is 855. The molecule has 2 heterocycles. The van der Waals surface area contributed by atoms with Gasteiger partial charge in [0.2, 0.25) is 5.91 Å². The number of carbonyl (C=O) groups is 1. The lowest BCUT2D eigenvalue weighted by atomic mass is 10.3. The van der Waals surface area contributed by atoms with Crippen molar-refractivity contribution in [3.63, 3.8) is 0 Å². The fourth-order valence-corrected chi connectivity index (χ4v) is 3.52. The molecule has 1 saturated carbocycles. The van der Waals surface area contributed by atoms with Gasteiger partial charge >= 0.3 is 0 Å². The van der Waals surface area contributed by atoms with E-state index in [4.69, 9.17) is 0 Å². The summed E-state index contributed by atoms with van der Waals surface area (Å²) < 4.78 is 1.93. The van der Waals surface area contributed by atoms with E-state index in [0.29, 0.717) is 12.4 Å². The maximum absolute atomic E-state index is 12.8. The Kier molecular flexibility index (Phi) is 4.03. The Morgan fingerprint density at radius 2 is 2.21 bits per heavy atom. The van der Waals surface area contributed by atoms with E-state index in [1.807, 2.05) is 34.2 Å². The lowest BCUT2D eigenvalue weighted by Crippen LogP contribution is -2.37. The summed E-state index contributed by atoms with van der Waals surface area (Å²) in [6.45, 7) is 0.595. The molecule has 24 heavy (non-hydrogen) atoms. The summed E-state index contributed by atoms with van der Waals surface area (Å²) in [7, 11) is 0. The molecule has 0 atom stereocenters. The van der Waals surface area contributed by atoms with Crippen LogP contribution in [0, 0.1) is 0 Å². The van der Waals surface area contributed by atoms with Crippen LogP contribution in [0.5, 0.6) is 0 Å². The van der Waals surface area contributed by atoms with Crippen molar-refractivity contribution in [2.75, 3.05) is 13.2 Å². The third kappa shape index (κ3) is 2.81. The Labute approximate surface area is 143 Å². The first kappa shape index (κ1) is 15.3. The van der Waals surface area contributed by atoms with E-state index >= 15 is 0 Å². The molecule has 1 amide bonds. The van der Waals surface area contributed by atoms with Gasteiger partial charge in [0.15, 0.2) is 5.82 Å². The molecule has 1 N–H and O–H groups in total. The largest absolute Gasteiger partial charge is 0.395 e. The van der Waals surface area contributed by atoms with Crippen LogP contribution in [0.3, 0.4) is 0 Å². The number of nitrogens with zero attached hydrogens (tertiary/aromatic N) is 4. The van der Waals surface area contributed by atoms with Gasteiger partial charge in [0.05, 0.1) is 23.2 Å². The molecule has 0 aliphatic heterocycles. The van der Waals surface area contributed by atoms with Crippen LogP contribution in [0.25, 0.3) is 22.6 Å². The Morgan fingerprint density at radius 1 is 1.38 bits per heavy atom. The fraction of sp³-hybridized carbons (Fsp3) is 0.353. The number of carbonyl (C=O) groups excluding carboxylic acids is 1. The molecule has 0 spiro atoms. The van der Waals surface area contributed by atoms with Crippen molar-refractivity contribution in [3.05, 3.63) is 35.2 Å². The predicted octanol–water partition coefficient (Wildman–Crippen LogP) is 2.14. The van der Waals surface area contributed by atoms with Gasteiger partial charge in [-0.15, -0.1) is 11.3 Å². The van der Waals surface area contributed by atoms with E-state index < -0.39 is 0 Å². The summed E-state index contributed by atoms with van der Waals surface area (Å²) >= 11 is 1.51. The standard InChI is InChI=1S/C17H18N4O2S/c22-8-7-20(12-5-6-12)16(23)9-21-15-4-2-1-3-13(15)19-17(21)14-10-24-11-18-14/h1-4,10-12,22H,5-9H2. The number of hydrogen-bond acceptors (Lipinski definition) is 5. The van der Waals surface area contributed by atoms with Crippen LogP contribution in [-0.2, 0) is 11.3 Å². The van der Waals surface area contributed by atoms with Crippen molar-refractivity contribution < 1.29 is 9.90 Å². The van der Waals surface area contributed by atoms with Crippen LogP contribution in [0.15, 0.2) is 35.2 Å². The zero-order valence-corrected chi connectivity index (χ0v) is 13.9. The van der Waals surface area contributed by atoms with E-state index in [9.17, 15) is 9.90 Å². The molecule has 3 aromatic rings. The highest BCUT2D eigenvalue weighted by molar-refractivity contribution is 7.07. The molecule has 1 aromatic carbocycles. The Hall–Kier alpha value is -2.25. The quantitative estimate of drug-likeness (QED) is 0.745. The molecule has 0 saturated heterocycles. The molecule has 7 heteroatoms. The SMILES string of the molecule is O=C(Cn1c(-c2cscn2)nc2ccccc21)N(CCO)C1CC1. The third-order valence-electron chi connectivity index (χ3n) is 4.26. The number of amides is 1. The molecule has 124 valence electrons. The summed E-state index contributed by atoms with van der Waals surface area (Å²) in [5, 5.41) is 11.2. The average Bonchev–Trinajstić information content (AvgIpc) is 3.16. The molecule has 1 fully saturated rings. The second kappa shape index (κ2) is 6.33. The smallest absolute Gasteiger partial charge is 0.242 e. The lowest BCUT2D eigenvalue weighted by molar-refractivity contribution is -0.132. The normalized spacial score (nSPS) is 14.2. The highest BCUT2D eigenvalue weighted by Crippen LogP contribution is 2.28. The number of para-hydroxylation sites is 2. The Morgan fingerprint density at radius 3 is 2.92 bits per heavy atom. The number of benzene rings is 1. The number of aromatic nitrogens is 3. The van der Waals surface area contributed by atoms with Crippen molar-refractivity contribution >= 4 is 28.3 Å². The second-order valence-corrected chi connectivity index (χ2v) is 6.64. The van der Waals surface area contributed by atoms with Gasteiger partial charge < -0.3 is 14.6 Å². The molecule has 4 rings (SSSR count). The van der Waals surface area contributed by atoms with E-state index in [1.54, 1.807) is 10.4 Å². The maximum Gasteiger partial charge on any atom is 0.242 e. The van der Waals surface area contributed by atoms with E-state index in [0.717, 1.165) is 29.6 Å². The molecule has 6 nitrogen and oxygen atoms in total. The van der Waals surface area contributed by atoms with Crippen molar-refractivity contribution in [1.29, 1.82) is 0 Å². The van der Waals surface area contributed by atoms with E-state index in [-0.39, 0.29) is 25.1 Å². The second-order valence-electron chi connectivity index (χ2n) is 5.93. The summed E-state index contributed by atoms with van der Waals surface area (Å²) in [5.41, 5.74) is 4.33. The number of imidazole rings is 1. The first-order chi connectivity index (χ1) is 11.8. The van der Waals surface area contributed by atoms with Crippen LogP contribution < -0.4 is 0 Å². The molecule has 0 bridgehead atoms. The lowest BCUT2D eigenvalue weighted by Gasteiger charge is -2.22. The number of rotatable bonds is 6. The monoisotopic (exact) mass is 342 g/mol. The first-order valence-electron chi connectivity index (χ1n) is 8.02. The average molecular weight is 342 g/mol. The van der Waals surface area contributed by atoms with Gasteiger partial charge in [-0.05, 0) is 25.0 Å². The molecule has 1 aliphatic rings. The number of aliphatic hydroxyl groups is 1. The van der Waals surface area contributed by atoms with Gasteiger partial charge in [-0.1, -0.05) is 12.1 Å². The fourth-order valence-electron chi connectivity index (χ4n) is 2.98. The molecule has 0 radical (unpaired) electrons. The van der Waals surface area contributed by atoms with Crippen LogP contribution in [0.1, 0.15) is 12.8 Å². The predicted molar refractivity (Wildman–Crippen MR) is 92.7 cm³/mol. The molecular formula is C17H18N4O2S. The van der Waals surface area contributed by atoms with Gasteiger partial charge in [0.1, 0.15) is 12.2 Å². The number of thiazole rings is 1. The minimum absolute atomic E-state index is 0.00808. The van der Waals surface area contributed by atoms with E-state index in [2.05, 4.69) is 9.97 Å². The van der Waals surface area contributed by atoms with Crippen LogP contribution >= 0.6 is 11.3 Å². The minimum atomic E-state index is -0.00808. The molecule has 2 aromatic heterocycles. The van der Waals surface area contributed by atoms with Crippen LogP contribution in [0.2, 0.25) is 0 Å². The summed E-state index contributed by atoms with van der Waals surface area (Å²) in [4.78, 5) is 23.6. The number of hydrogen-bond donors (Lipinski definition) is 1. The summed E-state index contributed by atoms with van der Waals surface area (Å²) in [5.74, 6) is 0.733. The van der Waals surface area contributed by atoms with Crippen LogP contribution in [0.4, 0.5) is 0 Å². The highest BCUT2D eigenvalue weighted by Gasteiger charge is 2.32. The maximum atomic E-state index is 12.8. The van der Waals surface area contributed by atoms with Crippen molar-refractivity contribution in [2.45, 2.75) is 25.4 Å². The minimum Gasteiger partial charge on any atom is -0.395 e. The van der Waals surface area contributed by atoms with Crippen LogP contribution in [-0.4, -0.2) is 49.6 Å². The van der Waals surface area contributed by atoms with Gasteiger partial charge in [0, 0.05) is 18.0 Å². The molecular weight excluding hydrogens is 324 g/mol. The van der Waals surface area contributed by atoms with Gasteiger partial charge in [-0.2, -0.15) is 0 Å². The molecule has 1 aliphatic carbocycles.